The van der Waals surface area contributed by atoms with Gasteiger partial charge in [-0.25, -0.2) is 4.99 Å². The minimum absolute atomic E-state index is 0. The lowest BCUT2D eigenvalue weighted by Crippen LogP contribution is -2.45. The molecule has 1 aliphatic heterocycles. The molecule has 4 rings (SSSR count). The van der Waals surface area contributed by atoms with Crippen molar-refractivity contribution in [2.75, 3.05) is 19.6 Å². The molecule has 2 heterocycles. The fourth-order valence-electron chi connectivity index (χ4n) is 4.80. The molecule has 8 heteroatoms. The largest absolute Gasteiger partial charge is 0.357 e. The molecule has 0 spiro atoms. The summed E-state index contributed by atoms with van der Waals surface area (Å²) >= 11 is 0. The summed E-state index contributed by atoms with van der Waals surface area (Å²) < 4.78 is 1.93. The van der Waals surface area contributed by atoms with Crippen LogP contribution in [0.5, 0.6) is 0 Å². The summed E-state index contributed by atoms with van der Waals surface area (Å²) in [7, 11) is 0. The van der Waals surface area contributed by atoms with Crippen molar-refractivity contribution < 1.29 is 4.79 Å². The van der Waals surface area contributed by atoms with Crippen LogP contribution in [0.25, 0.3) is 0 Å². The van der Waals surface area contributed by atoms with Crippen molar-refractivity contribution in [2.24, 2.45) is 10.9 Å². The quantitative estimate of drug-likeness (QED) is 0.305. The van der Waals surface area contributed by atoms with Crippen molar-refractivity contribution in [1.29, 1.82) is 0 Å². The zero-order valence-corrected chi connectivity index (χ0v) is 21.9. The van der Waals surface area contributed by atoms with Gasteiger partial charge in [-0.2, -0.15) is 5.10 Å². The van der Waals surface area contributed by atoms with Crippen molar-refractivity contribution in [3.8, 4) is 0 Å². The van der Waals surface area contributed by atoms with Gasteiger partial charge in [-0.05, 0) is 43.4 Å². The highest BCUT2D eigenvalue weighted by Gasteiger charge is 2.31. The van der Waals surface area contributed by atoms with Gasteiger partial charge in [-0.15, -0.1) is 24.0 Å². The topological polar surface area (TPSA) is 74.6 Å². The first-order valence-electron chi connectivity index (χ1n) is 12.1. The third kappa shape index (κ3) is 7.19. The summed E-state index contributed by atoms with van der Waals surface area (Å²) in [6, 6.07) is 10.6. The number of guanidine groups is 1. The van der Waals surface area contributed by atoms with Crippen molar-refractivity contribution in [3.63, 3.8) is 0 Å². The lowest BCUT2D eigenvalue weighted by Gasteiger charge is -2.26. The fraction of sp³-hybridized carbons (Fsp3) is 0.560. The van der Waals surface area contributed by atoms with Gasteiger partial charge in [0.05, 0.1) is 13.1 Å². The molecule has 0 radical (unpaired) electrons. The van der Waals surface area contributed by atoms with Crippen LogP contribution in [0.3, 0.4) is 0 Å². The predicted octanol–water partition coefficient (Wildman–Crippen LogP) is 3.79. The lowest BCUT2D eigenvalue weighted by atomic mass is 9.88. The van der Waals surface area contributed by atoms with E-state index in [2.05, 4.69) is 51.8 Å². The molecule has 0 bridgehead atoms. The summed E-state index contributed by atoms with van der Waals surface area (Å²) in [4.78, 5) is 19.8. The Labute approximate surface area is 214 Å². The molecule has 1 saturated heterocycles. The number of carbonyl (C=O) groups excluding carboxylic acids is 1. The summed E-state index contributed by atoms with van der Waals surface area (Å²) in [5, 5.41) is 11.3. The Balaban J connectivity index is 0.00000306. The molecule has 1 aliphatic carbocycles. The van der Waals surface area contributed by atoms with Gasteiger partial charge >= 0.3 is 0 Å². The second-order valence-corrected chi connectivity index (χ2v) is 8.92. The van der Waals surface area contributed by atoms with Gasteiger partial charge in [0.25, 0.3) is 0 Å². The van der Waals surface area contributed by atoms with Gasteiger partial charge in [0.15, 0.2) is 5.96 Å². The van der Waals surface area contributed by atoms with Gasteiger partial charge in [0.2, 0.25) is 5.91 Å². The van der Waals surface area contributed by atoms with E-state index in [1.165, 1.54) is 30.4 Å². The first-order valence-corrected chi connectivity index (χ1v) is 12.1. The summed E-state index contributed by atoms with van der Waals surface area (Å²) in [6.45, 7) is 5.84. The molecule has 1 amide bonds. The lowest BCUT2D eigenvalue weighted by molar-refractivity contribution is -0.135. The molecule has 1 saturated carbocycles. The van der Waals surface area contributed by atoms with E-state index in [9.17, 15) is 4.79 Å². The zero-order chi connectivity index (χ0) is 22.2. The van der Waals surface area contributed by atoms with Gasteiger partial charge in [-0.1, -0.05) is 43.5 Å². The Morgan fingerprint density at radius 1 is 1.12 bits per heavy atom. The van der Waals surface area contributed by atoms with Crippen LogP contribution < -0.4 is 10.6 Å². The van der Waals surface area contributed by atoms with E-state index >= 15 is 0 Å². The number of halogens is 1. The van der Waals surface area contributed by atoms with Gasteiger partial charge in [0.1, 0.15) is 0 Å². The third-order valence-corrected chi connectivity index (χ3v) is 6.56. The minimum Gasteiger partial charge on any atom is -0.357 e. The van der Waals surface area contributed by atoms with Crippen LogP contribution in [-0.4, -0.2) is 52.2 Å². The molecule has 1 unspecified atom stereocenters. The first-order chi connectivity index (χ1) is 15.7. The Morgan fingerprint density at radius 2 is 1.91 bits per heavy atom. The number of hydrogen-bond donors (Lipinski definition) is 2. The Morgan fingerprint density at radius 3 is 2.64 bits per heavy atom. The maximum absolute atomic E-state index is 12.9. The SMILES string of the molecule is CCNC(=NCc1ccccc1Cn1cccn1)NC1CCN(C(=O)C2CCCCC2)C1.I. The monoisotopic (exact) mass is 564 g/mol. The molecule has 2 aliphatic rings. The molecule has 2 N–H and O–H groups in total. The number of aromatic nitrogens is 2. The normalized spacial score (nSPS) is 19.2. The van der Waals surface area contributed by atoms with E-state index in [1.54, 1.807) is 6.20 Å². The van der Waals surface area contributed by atoms with Gasteiger partial charge in [0, 0.05) is 44.0 Å². The van der Waals surface area contributed by atoms with Crippen molar-refractivity contribution in [2.45, 2.75) is 64.6 Å². The maximum Gasteiger partial charge on any atom is 0.225 e. The number of benzene rings is 1. The Kier molecular flexibility index (Phi) is 10.0. The smallest absolute Gasteiger partial charge is 0.225 e. The first kappa shape index (κ1) is 25.5. The van der Waals surface area contributed by atoms with E-state index in [0.29, 0.717) is 12.5 Å². The third-order valence-electron chi connectivity index (χ3n) is 6.56. The molecule has 1 aromatic heterocycles. The fourth-order valence-corrected chi connectivity index (χ4v) is 4.80. The molecule has 180 valence electrons. The Bertz CT molecular complexity index is 894. The van der Waals surface area contributed by atoms with Gasteiger partial charge in [-0.3, -0.25) is 9.48 Å². The molecule has 7 nitrogen and oxygen atoms in total. The number of nitrogens with one attached hydrogen (secondary N) is 2. The van der Waals surface area contributed by atoms with Crippen LogP contribution in [0.15, 0.2) is 47.7 Å². The van der Waals surface area contributed by atoms with Crippen LogP contribution in [0.1, 0.15) is 56.6 Å². The summed E-state index contributed by atoms with van der Waals surface area (Å²) in [5.74, 6) is 1.43. The van der Waals surface area contributed by atoms with E-state index < -0.39 is 0 Å². The second kappa shape index (κ2) is 13.0. The Hall–Kier alpha value is -2.10. The number of rotatable bonds is 7. The van der Waals surface area contributed by atoms with Crippen LogP contribution in [0.2, 0.25) is 0 Å². The standard InChI is InChI=1S/C25H36N6O.HI/c1-2-26-25(27-17-21-11-6-7-12-22(21)18-31-15-8-14-28-31)29-23-13-16-30(19-23)24(32)20-9-4-3-5-10-20;/h6-8,11-12,14-15,20,23H,2-5,9-10,13,16-19H2,1H3,(H2,26,27,29);1H. The molecule has 2 fully saturated rings. The number of likely N-dealkylation sites (tertiary alicyclic amines) is 1. The molecule has 1 atom stereocenters. The van der Waals surface area contributed by atoms with Crippen LogP contribution in [0, 0.1) is 5.92 Å². The molecule has 2 aromatic rings. The second-order valence-electron chi connectivity index (χ2n) is 8.92. The highest BCUT2D eigenvalue weighted by atomic mass is 127. The van der Waals surface area contributed by atoms with Crippen LogP contribution in [0.4, 0.5) is 0 Å². The average Bonchev–Trinajstić information content (AvgIpc) is 3.51. The van der Waals surface area contributed by atoms with E-state index in [-0.39, 0.29) is 35.9 Å². The highest BCUT2D eigenvalue weighted by Crippen LogP contribution is 2.26. The predicted molar refractivity (Wildman–Crippen MR) is 143 cm³/mol. The van der Waals surface area contributed by atoms with E-state index in [4.69, 9.17) is 4.99 Å². The van der Waals surface area contributed by atoms with E-state index in [0.717, 1.165) is 51.4 Å². The number of amides is 1. The molecular weight excluding hydrogens is 527 g/mol. The van der Waals surface area contributed by atoms with Gasteiger partial charge < -0.3 is 15.5 Å². The van der Waals surface area contributed by atoms with Crippen molar-refractivity contribution in [3.05, 3.63) is 53.9 Å². The van der Waals surface area contributed by atoms with Crippen LogP contribution >= 0.6 is 24.0 Å². The van der Waals surface area contributed by atoms with E-state index in [1.807, 2.05) is 16.9 Å². The molecular formula is C25H37IN6O. The summed E-state index contributed by atoms with van der Waals surface area (Å²) in [6.07, 6.45) is 10.6. The van der Waals surface area contributed by atoms with Crippen LogP contribution in [-0.2, 0) is 17.9 Å². The summed E-state index contributed by atoms with van der Waals surface area (Å²) in [5.41, 5.74) is 2.42. The minimum atomic E-state index is 0. The average molecular weight is 565 g/mol. The molecule has 33 heavy (non-hydrogen) atoms. The molecule has 1 aromatic carbocycles. The van der Waals surface area contributed by atoms with Crippen molar-refractivity contribution >= 4 is 35.8 Å². The zero-order valence-electron chi connectivity index (χ0n) is 19.6. The number of nitrogens with zero attached hydrogens (tertiary/aromatic N) is 4. The number of hydrogen-bond acceptors (Lipinski definition) is 3. The van der Waals surface area contributed by atoms with Crippen molar-refractivity contribution in [1.82, 2.24) is 25.3 Å². The highest BCUT2D eigenvalue weighted by molar-refractivity contribution is 14.0. The maximum atomic E-state index is 12.9. The number of aliphatic imine (C=N–C) groups is 1. The number of carbonyl (C=O) groups is 1.